The van der Waals surface area contributed by atoms with E-state index in [1.165, 1.54) is 4.68 Å². The molecule has 138 valence electrons. The molecular weight excluding hydrogens is 346 g/mol. The summed E-state index contributed by atoms with van der Waals surface area (Å²) in [6, 6.07) is 14.6. The van der Waals surface area contributed by atoms with E-state index in [0.717, 1.165) is 5.39 Å². The van der Waals surface area contributed by atoms with Gasteiger partial charge >= 0.3 is 0 Å². The maximum Gasteiger partial charge on any atom is 0.275 e. The van der Waals surface area contributed by atoms with Gasteiger partial charge in [0.05, 0.1) is 31.8 Å². The second-order valence-electron chi connectivity index (χ2n) is 6.38. The maximum absolute atomic E-state index is 12.5. The first-order valence-electron chi connectivity index (χ1n) is 8.68. The third-order valence-corrected chi connectivity index (χ3v) is 4.61. The van der Waals surface area contributed by atoms with Crippen LogP contribution in [-0.4, -0.2) is 46.9 Å². The Hall–Kier alpha value is -3.35. The minimum Gasteiger partial charge on any atom is -0.493 e. The van der Waals surface area contributed by atoms with Crippen molar-refractivity contribution in [1.82, 2.24) is 14.7 Å². The first-order chi connectivity index (χ1) is 13.2. The van der Waals surface area contributed by atoms with Crippen LogP contribution in [0.2, 0.25) is 0 Å². The molecule has 0 aliphatic carbocycles. The summed E-state index contributed by atoms with van der Waals surface area (Å²) in [5.74, 6) is 1.17. The Kier molecular flexibility index (Phi) is 4.50. The fourth-order valence-corrected chi connectivity index (χ4v) is 3.08. The highest BCUT2D eigenvalue weighted by molar-refractivity contribution is 5.81. The van der Waals surface area contributed by atoms with Crippen LogP contribution in [0.1, 0.15) is 0 Å². The molecule has 0 unspecified atom stereocenters. The summed E-state index contributed by atoms with van der Waals surface area (Å²) in [4.78, 5) is 26.6. The van der Waals surface area contributed by atoms with Crippen LogP contribution in [0.5, 0.6) is 11.5 Å². The Balaban J connectivity index is 1.38. The van der Waals surface area contributed by atoms with Crippen molar-refractivity contribution in [2.45, 2.75) is 12.6 Å². The van der Waals surface area contributed by atoms with Crippen LogP contribution < -0.4 is 15.0 Å². The summed E-state index contributed by atoms with van der Waals surface area (Å²) in [7, 11) is 1.59. The van der Waals surface area contributed by atoms with E-state index in [0.29, 0.717) is 30.0 Å². The number of amides is 1. The summed E-state index contributed by atoms with van der Waals surface area (Å²) in [6.07, 6.45) is 1.51. The van der Waals surface area contributed by atoms with E-state index < -0.39 is 0 Å². The van der Waals surface area contributed by atoms with Gasteiger partial charge in [-0.25, -0.2) is 4.68 Å². The normalized spacial score (nSPS) is 14.0. The van der Waals surface area contributed by atoms with Crippen molar-refractivity contribution in [3.63, 3.8) is 0 Å². The van der Waals surface area contributed by atoms with Gasteiger partial charge in [0.15, 0.2) is 11.5 Å². The number of hydrogen-bond acceptors (Lipinski definition) is 5. The molecule has 0 N–H and O–H groups in total. The minimum absolute atomic E-state index is 0.0783. The number of aromatic nitrogens is 2. The van der Waals surface area contributed by atoms with Gasteiger partial charge in [0, 0.05) is 5.39 Å². The van der Waals surface area contributed by atoms with Gasteiger partial charge in [0.25, 0.3) is 5.56 Å². The Morgan fingerprint density at radius 1 is 1.11 bits per heavy atom. The fraction of sp³-hybridized carbons (Fsp3) is 0.250. The van der Waals surface area contributed by atoms with E-state index in [1.54, 1.807) is 30.3 Å². The molecular formula is C20H19N3O4. The van der Waals surface area contributed by atoms with Crippen molar-refractivity contribution in [1.29, 1.82) is 0 Å². The number of likely N-dealkylation sites (tertiary alicyclic amines) is 1. The molecule has 1 fully saturated rings. The van der Waals surface area contributed by atoms with E-state index in [4.69, 9.17) is 9.47 Å². The lowest BCUT2D eigenvalue weighted by Gasteiger charge is -2.39. The molecule has 7 nitrogen and oxygen atoms in total. The standard InChI is InChI=1S/C20H19N3O4/c1-26-17-8-4-5-9-18(17)27-15-11-22(12-15)19(24)13-23-20(25)16-7-3-2-6-14(16)10-21-23/h2-10,15H,11-13H2,1H3. The topological polar surface area (TPSA) is 73.7 Å². The average Bonchev–Trinajstić information content (AvgIpc) is 2.67. The second kappa shape index (κ2) is 7.11. The predicted octanol–water partition coefficient (Wildman–Crippen LogP) is 1.69. The molecule has 1 saturated heterocycles. The number of fused-ring (bicyclic) bond motifs is 1. The van der Waals surface area contributed by atoms with Crippen molar-refractivity contribution in [2.75, 3.05) is 20.2 Å². The minimum atomic E-state index is -0.260. The van der Waals surface area contributed by atoms with E-state index in [2.05, 4.69) is 5.10 Å². The first kappa shape index (κ1) is 17.1. The molecule has 0 bridgehead atoms. The molecule has 7 heteroatoms. The zero-order valence-corrected chi connectivity index (χ0v) is 14.9. The summed E-state index contributed by atoms with van der Waals surface area (Å²) in [5.41, 5.74) is -0.260. The van der Waals surface area contributed by atoms with Crippen LogP contribution in [0.3, 0.4) is 0 Å². The number of nitrogens with zero attached hydrogens (tertiary/aromatic N) is 3. The third kappa shape index (κ3) is 3.36. The van der Waals surface area contributed by atoms with Gasteiger partial charge < -0.3 is 14.4 Å². The highest BCUT2D eigenvalue weighted by Crippen LogP contribution is 2.28. The monoisotopic (exact) mass is 365 g/mol. The number of benzene rings is 2. The van der Waals surface area contributed by atoms with Crippen LogP contribution in [0.25, 0.3) is 10.8 Å². The van der Waals surface area contributed by atoms with Crippen LogP contribution in [-0.2, 0) is 11.3 Å². The molecule has 27 heavy (non-hydrogen) atoms. The van der Waals surface area contributed by atoms with E-state index in [1.807, 2.05) is 36.4 Å². The molecule has 2 heterocycles. The molecule has 2 aromatic carbocycles. The molecule has 0 radical (unpaired) electrons. The Morgan fingerprint density at radius 2 is 1.81 bits per heavy atom. The molecule has 1 aliphatic heterocycles. The van der Waals surface area contributed by atoms with Crippen molar-refractivity contribution in [3.8, 4) is 11.5 Å². The molecule has 1 amide bonds. The SMILES string of the molecule is COc1ccccc1OC1CN(C(=O)Cn2ncc3ccccc3c2=O)C1. The van der Waals surface area contributed by atoms with Crippen molar-refractivity contribution in [2.24, 2.45) is 0 Å². The van der Waals surface area contributed by atoms with Gasteiger partial charge in [-0.1, -0.05) is 30.3 Å². The van der Waals surface area contributed by atoms with Crippen molar-refractivity contribution in [3.05, 3.63) is 65.1 Å². The Labute approximate surface area is 155 Å². The number of methoxy groups -OCH3 is 1. The molecule has 1 aliphatic rings. The fourth-order valence-electron chi connectivity index (χ4n) is 3.08. The van der Waals surface area contributed by atoms with E-state index in [-0.39, 0.29) is 24.1 Å². The quantitative estimate of drug-likeness (QED) is 0.688. The molecule has 0 atom stereocenters. The Morgan fingerprint density at radius 3 is 2.59 bits per heavy atom. The lowest BCUT2D eigenvalue weighted by molar-refractivity contribution is -0.140. The molecule has 0 saturated carbocycles. The molecule has 0 spiro atoms. The highest BCUT2D eigenvalue weighted by Gasteiger charge is 2.33. The van der Waals surface area contributed by atoms with Gasteiger partial charge in [-0.15, -0.1) is 0 Å². The number of rotatable bonds is 5. The van der Waals surface area contributed by atoms with Crippen LogP contribution in [0.4, 0.5) is 0 Å². The van der Waals surface area contributed by atoms with Gasteiger partial charge in [-0.2, -0.15) is 5.10 Å². The lowest BCUT2D eigenvalue weighted by atomic mass is 10.1. The van der Waals surface area contributed by atoms with Crippen LogP contribution in [0.15, 0.2) is 59.5 Å². The summed E-state index contributed by atoms with van der Waals surface area (Å²) in [5, 5.41) is 5.43. The number of carbonyl (C=O) groups is 1. The number of hydrogen-bond donors (Lipinski definition) is 0. The van der Waals surface area contributed by atoms with Gasteiger partial charge in [-0.3, -0.25) is 9.59 Å². The van der Waals surface area contributed by atoms with Crippen molar-refractivity contribution >= 4 is 16.7 Å². The zero-order chi connectivity index (χ0) is 18.8. The first-order valence-corrected chi connectivity index (χ1v) is 8.68. The zero-order valence-electron chi connectivity index (χ0n) is 14.9. The van der Waals surface area contributed by atoms with Gasteiger partial charge in [-0.05, 0) is 18.2 Å². The number of ether oxygens (including phenoxy) is 2. The predicted molar refractivity (Wildman–Crippen MR) is 100.0 cm³/mol. The van der Waals surface area contributed by atoms with E-state index in [9.17, 15) is 9.59 Å². The third-order valence-electron chi connectivity index (χ3n) is 4.61. The summed E-state index contributed by atoms with van der Waals surface area (Å²) < 4.78 is 12.4. The number of para-hydroxylation sites is 2. The highest BCUT2D eigenvalue weighted by atomic mass is 16.5. The largest absolute Gasteiger partial charge is 0.493 e. The maximum atomic E-state index is 12.5. The molecule has 3 aromatic rings. The van der Waals surface area contributed by atoms with E-state index >= 15 is 0 Å². The van der Waals surface area contributed by atoms with Gasteiger partial charge in [0.2, 0.25) is 5.91 Å². The lowest BCUT2D eigenvalue weighted by Crippen LogP contribution is -2.57. The molecule has 4 rings (SSSR count). The Bertz CT molecular complexity index is 1040. The summed E-state index contributed by atoms with van der Waals surface area (Å²) in [6.45, 7) is 0.865. The van der Waals surface area contributed by atoms with Crippen molar-refractivity contribution < 1.29 is 14.3 Å². The van der Waals surface area contributed by atoms with Crippen LogP contribution >= 0.6 is 0 Å². The van der Waals surface area contributed by atoms with Crippen LogP contribution in [0, 0.1) is 0 Å². The second-order valence-corrected chi connectivity index (χ2v) is 6.38. The number of carbonyl (C=O) groups excluding carboxylic acids is 1. The molecule has 1 aromatic heterocycles. The average molecular weight is 365 g/mol. The smallest absolute Gasteiger partial charge is 0.275 e. The van der Waals surface area contributed by atoms with Gasteiger partial charge in [0.1, 0.15) is 12.6 Å². The summed E-state index contributed by atoms with van der Waals surface area (Å²) >= 11 is 0.